The summed E-state index contributed by atoms with van der Waals surface area (Å²) in [5.74, 6) is 0.901. The van der Waals surface area contributed by atoms with Crippen molar-refractivity contribution in [1.82, 2.24) is 19.7 Å². The third-order valence-electron chi connectivity index (χ3n) is 6.61. The van der Waals surface area contributed by atoms with Crippen LogP contribution in [-0.2, 0) is 18.5 Å². The molecule has 0 bridgehead atoms. The Morgan fingerprint density at radius 3 is 2.43 bits per heavy atom. The zero-order valence-corrected chi connectivity index (χ0v) is 16.8. The van der Waals surface area contributed by atoms with Crippen LogP contribution in [0.5, 0.6) is 0 Å². The van der Waals surface area contributed by atoms with Gasteiger partial charge in [0.1, 0.15) is 6.33 Å². The highest BCUT2D eigenvalue weighted by Crippen LogP contribution is 2.41. The molecule has 5 heteroatoms. The molecule has 2 aliphatic rings. The molecule has 30 heavy (non-hydrogen) atoms. The Kier molecular flexibility index (Phi) is 3.86. The first-order valence-corrected chi connectivity index (χ1v) is 10.6. The zero-order chi connectivity index (χ0) is 20.1. The van der Waals surface area contributed by atoms with Crippen molar-refractivity contribution in [3.05, 3.63) is 78.2 Å². The quantitative estimate of drug-likeness (QED) is 0.554. The highest BCUT2D eigenvalue weighted by atomic mass is 15.3. The Morgan fingerprint density at radius 1 is 0.900 bits per heavy atom. The molecule has 0 amide bonds. The molecular formula is C25H23N5. The van der Waals surface area contributed by atoms with Crippen LogP contribution in [-0.4, -0.2) is 19.7 Å². The zero-order valence-electron chi connectivity index (χ0n) is 16.8. The van der Waals surface area contributed by atoms with Gasteiger partial charge < -0.3 is 10.3 Å². The fourth-order valence-electron chi connectivity index (χ4n) is 4.65. The van der Waals surface area contributed by atoms with E-state index in [-0.39, 0.29) is 5.54 Å². The van der Waals surface area contributed by atoms with Gasteiger partial charge in [0.05, 0.1) is 11.4 Å². The average molecular weight is 393 g/mol. The van der Waals surface area contributed by atoms with Gasteiger partial charge in [-0.15, -0.1) is 10.2 Å². The first kappa shape index (κ1) is 17.5. The third-order valence-corrected chi connectivity index (χ3v) is 6.61. The minimum Gasteiger partial charge on any atom is -0.321 e. The van der Waals surface area contributed by atoms with Gasteiger partial charge in [0.15, 0.2) is 5.82 Å². The largest absolute Gasteiger partial charge is 0.321 e. The highest BCUT2D eigenvalue weighted by molar-refractivity contribution is 5.84. The van der Waals surface area contributed by atoms with Crippen LogP contribution in [0.15, 0.2) is 67.0 Å². The summed E-state index contributed by atoms with van der Waals surface area (Å²) in [6, 6.07) is 21.4. The van der Waals surface area contributed by atoms with Crippen LogP contribution in [0.2, 0.25) is 0 Å². The second-order valence-corrected chi connectivity index (χ2v) is 8.43. The monoisotopic (exact) mass is 393 g/mol. The summed E-state index contributed by atoms with van der Waals surface area (Å²) >= 11 is 0. The number of nitrogens with two attached hydrogens (primary N) is 1. The summed E-state index contributed by atoms with van der Waals surface area (Å²) in [7, 11) is 0. The van der Waals surface area contributed by atoms with Crippen molar-refractivity contribution in [2.75, 3.05) is 0 Å². The molecule has 2 N–H and O–H groups in total. The second kappa shape index (κ2) is 6.61. The molecular weight excluding hydrogens is 370 g/mol. The van der Waals surface area contributed by atoms with E-state index in [0.717, 1.165) is 65.3 Å². The standard InChI is InChI=1S/C25H23N5/c26-25(12-4-13-25)19-9-7-18(8-10-19)23-20(17-5-2-1-3-6-17)15-21-22(28-23)11-14-30-16-27-29-24(21)30/h1-3,5-10,15-16H,4,11-14,26H2. The number of pyridine rings is 1. The molecule has 1 saturated carbocycles. The van der Waals surface area contributed by atoms with Gasteiger partial charge in [-0.1, -0.05) is 54.6 Å². The van der Waals surface area contributed by atoms with Gasteiger partial charge in [-0.2, -0.15) is 0 Å². The van der Waals surface area contributed by atoms with Gasteiger partial charge >= 0.3 is 0 Å². The van der Waals surface area contributed by atoms with E-state index in [2.05, 4.69) is 69.4 Å². The maximum Gasteiger partial charge on any atom is 0.165 e. The Balaban J connectivity index is 1.52. The van der Waals surface area contributed by atoms with Crippen molar-refractivity contribution in [3.8, 4) is 33.8 Å². The second-order valence-electron chi connectivity index (χ2n) is 8.43. The van der Waals surface area contributed by atoms with Crippen LogP contribution in [0.1, 0.15) is 30.5 Å². The molecule has 1 fully saturated rings. The number of nitrogens with zero attached hydrogens (tertiary/aromatic N) is 4. The fraction of sp³-hybridized carbons (Fsp3) is 0.240. The van der Waals surface area contributed by atoms with Crippen LogP contribution >= 0.6 is 0 Å². The summed E-state index contributed by atoms with van der Waals surface area (Å²) in [5.41, 5.74) is 14.2. The SMILES string of the molecule is NC1(c2ccc(-c3nc4c(cc3-c3ccccc3)-c3nncn3CC4)cc2)CCC1. The van der Waals surface area contributed by atoms with Crippen molar-refractivity contribution in [3.63, 3.8) is 0 Å². The van der Waals surface area contributed by atoms with Gasteiger partial charge in [-0.25, -0.2) is 0 Å². The molecule has 0 spiro atoms. The van der Waals surface area contributed by atoms with Gasteiger partial charge in [0.25, 0.3) is 0 Å². The van der Waals surface area contributed by atoms with Crippen molar-refractivity contribution < 1.29 is 0 Å². The lowest BCUT2D eigenvalue weighted by Gasteiger charge is -2.38. The Hall–Kier alpha value is -3.31. The Morgan fingerprint density at radius 2 is 1.70 bits per heavy atom. The van der Waals surface area contributed by atoms with Gasteiger partial charge in [-0.3, -0.25) is 4.98 Å². The number of fused-ring (bicyclic) bond motifs is 3. The molecule has 1 aliphatic heterocycles. The summed E-state index contributed by atoms with van der Waals surface area (Å²) in [4.78, 5) is 5.15. The van der Waals surface area contributed by atoms with E-state index in [0.29, 0.717) is 0 Å². The molecule has 6 rings (SSSR count). The lowest BCUT2D eigenvalue weighted by Crippen LogP contribution is -2.43. The van der Waals surface area contributed by atoms with Crippen LogP contribution in [0.3, 0.4) is 0 Å². The number of hydrogen-bond acceptors (Lipinski definition) is 4. The summed E-state index contributed by atoms with van der Waals surface area (Å²) < 4.78 is 2.10. The number of hydrogen-bond donors (Lipinski definition) is 1. The van der Waals surface area contributed by atoms with Crippen LogP contribution in [0.4, 0.5) is 0 Å². The highest BCUT2D eigenvalue weighted by Gasteiger charge is 2.34. The molecule has 148 valence electrons. The van der Waals surface area contributed by atoms with Crippen LogP contribution < -0.4 is 5.73 Å². The predicted molar refractivity (Wildman–Crippen MR) is 118 cm³/mol. The minimum atomic E-state index is -0.145. The third kappa shape index (κ3) is 2.70. The molecule has 0 saturated heterocycles. The number of rotatable bonds is 3. The minimum absolute atomic E-state index is 0.145. The van der Waals surface area contributed by atoms with E-state index < -0.39 is 0 Å². The van der Waals surface area contributed by atoms with Crippen LogP contribution in [0, 0.1) is 0 Å². The lowest BCUT2D eigenvalue weighted by molar-refractivity contribution is 0.253. The van der Waals surface area contributed by atoms with Gasteiger partial charge in [0.2, 0.25) is 0 Å². The number of aromatic nitrogens is 4. The molecule has 4 aromatic rings. The van der Waals surface area contributed by atoms with Crippen molar-refractivity contribution in [1.29, 1.82) is 0 Å². The van der Waals surface area contributed by atoms with Crippen molar-refractivity contribution in [2.45, 2.75) is 37.8 Å². The van der Waals surface area contributed by atoms with E-state index >= 15 is 0 Å². The Bertz CT molecular complexity index is 1220. The fourth-order valence-corrected chi connectivity index (χ4v) is 4.65. The molecule has 2 aromatic carbocycles. The Labute approximate surface area is 175 Å². The lowest BCUT2D eigenvalue weighted by atomic mass is 9.72. The number of aryl methyl sites for hydroxylation is 2. The van der Waals surface area contributed by atoms with E-state index in [1.807, 2.05) is 6.07 Å². The first-order valence-electron chi connectivity index (χ1n) is 10.6. The van der Waals surface area contributed by atoms with Gasteiger partial charge in [0, 0.05) is 35.2 Å². The maximum atomic E-state index is 6.53. The van der Waals surface area contributed by atoms with Crippen molar-refractivity contribution >= 4 is 0 Å². The molecule has 5 nitrogen and oxygen atoms in total. The van der Waals surface area contributed by atoms with Crippen molar-refractivity contribution in [2.24, 2.45) is 5.73 Å². The smallest absolute Gasteiger partial charge is 0.165 e. The number of benzene rings is 2. The molecule has 0 atom stereocenters. The van der Waals surface area contributed by atoms with Crippen LogP contribution in [0.25, 0.3) is 33.8 Å². The first-order chi connectivity index (χ1) is 14.7. The summed E-state index contributed by atoms with van der Waals surface area (Å²) in [6.07, 6.45) is 6.04. The van der Waals surface area contributed by atoms with E-state index in [4.69, 9.17) is 10.7 Å². The normalized spacial score (nSPS) is 16.4. The molecule has 0 unspecified atom stereocenters. The molecule has 2 aromatic heterocycles. The summed E-state index contributed by atoms with van der Waals surface area (Å²) in [5, 5.41) is 8.45. The topological polar surface area (TPSA) is 69.6 Å². The maximum absolute atomic E-state index is 6.53. The molecule has 3 heterocycles. The van der Waals surface area contributed by atoms with Gasteiger partial charge in [-0.05, 0) is 36.5 Å². The average Bonchev–Trinajstić information content (AvgIpc) is 3.27. The predicted octanol–water partition coefficient (Wildman–Crippen LogP) is 4.57. The summed E-state index contributed by atoms with van der Waals surface area (Å²) in [6.45, 7) is 0.862. The van der Waals surface area contributed by atoms with E-state index in [9.17, 15) is 0 Å². The van der Waals surface area contributed by atoms with E-state index in [1.54, 1.807) is 6.33 Å². The molecule has 0 radical (unpaired) electrons. The van der Waals surface area contributed by atoms with E-state index in [1.165, 1.54) is 12.0 Å². The molecule has 1 aliphatic carbocycles.